The van der Waals surface area contributed by atoms with Crippen LogP contribution in [0.15, 0.2) is 54.6 Å². The van der Waals surface area contributed by atoms with Crippen molar-refractivity contribution in [1.29, 1.82) is 0 Å². The molecular formula is C22H28N2O3. The molecule has 0 spiro atoms. The van der Waals surface area contributed by atoms with E-state index >= 15 is 0 Å². The molecule has 5 nitrogen and oxygen atoms in total. The fraction of sp³-hybridized carbons (Fsp3) is 0.364. The molecule has 0 saturated carbocycles. The van der Waals surface area contributed by atoms with Crippen LogP contribution in [0.3, 0.4) is 0 Å². The van der Waals surface area contributed by atoms with Gasteiger partial charge in [0.05, 0.1) is 18.7 Å². The maximum Gasteiger partial charge on any atom is 0.255 e. The first-order chi connectivity index (χ1) is 13.1. The Hall–Kier alpha value is -2.82. The van der Waals surface area contributed by atoms with Gasteiger partial charge in [0.15, 0.2) is 0 Å². The van der Waals surface area contributed by atoms with Crippen molar-refractivity contribution in [1.82, 2.24) is 10.2 Å². The zero-order valence-corrected chi connectivity index (χ0v) is 16.3. The molecule has 0 bridgehead atoms. The number of nitrogens with zero attached hydrogens (tertiary/aromatic N) is 1. The lowest BCUT2D eigenvalue weighted by molar-refractivity contribution is -0.132. The molecule has 2 amide bonds. The van der Waals surface area contributed by atoms with Gasteiger partial charge in [-0.2, -0.15) is 0 Å². The van der Waals surface area contributed by atoms with E-state index in [1.165, 1.54) is 0 Å². The van der Waals surface area contributed by atoms with E-state index in [2.05, 4.69) is 5.32 Å². The molecule has 144 valence electrons. The summed E-state index contributed by atoms with van der Waals surface area (Å²) in [5.41, 5.74) is 1.50. The number of carbonyl (C=O) groups excluding carboxylic acids is 2. The van der Waals surface area contributed by atoms with E-state index in [-0.39, 0.29) is 24.4 Å². The average Bonchev–Trinajstić information content (AvgIpc) is 2.71. The minimum absolute atomic E-state index is 0.0452. The highest BCUT2D eigenvalue weighted by Gasteiger charge is 2.20. The number of para-hydroxylation sites is 1. The Labute approximate surface area is 161 Å². The van der Waals surface area contributed by atoms with E-state index in [1.807, 2.05) is 62.1 Å². The van der Waals surface area contributed by atoms with Gasteiger partial charge in [-0.15, -0.1) is 0 Å². The maximum atomic E-state index is 12.8. The topological polar surface area (TPSA) is 58.6 Å². The van der Waals surface area contributed by atoms with Crippen molar-refractivity contribution in [2.45, 2.75) is 39.8 Å². The van der Waals surface area contributed by atoms with Crippen LogP contribution >= 0.6 is 0 Å². The lowest BCUT2D eigenvalue weighted by atomic mass is 10.1. The predicted molar refractivity (Wildman–Crippen MR) is 107 cm³/mol. The van der Waals surface area contributed by atoms with Gasteiger partial charge in [-0.05, 0) is 38.0 Å². The minimum atomic E-state index is -0.309. The first-order valence-electron chi connectivity index (χ1n) is 9.40. The minimum Gasteiger partial charge on any atom is -0.493 e. The maximum absolute atomic E-state index is 12.8. The molecule has 2 rings (SSSR count). The quantitative estimate of drug-likeness (QED) is 0.735. The van der Waals surface area contributed by atoms with Crippen molar-refractivity contribution in [3.63, 3.8) is 0 Å². The molecule has 0 aromatic heterocycles. The molecule has 0 saturated heterocycles. The Morgan fingerprint density at radius 2 is 1.70 bits per heavy atom. The van der Waals surface area contributed by atoms with Gasteiger partial charge < -0.3 is 15.0 Å². The van der Waals surface area contributed by atoms with Crippen molar-refractivity contribution in [3.05, 3.63) is 65.7 Å². The van der Waals surface area contributed by atoms with E-state index in [9.17, 15) is 9.59 Å². The summed E-state index contributed by atoms with van der Waals surface area (Å²) in [6, 6.07) is 17.0. The highest BCUT2D eigenvalue weighted by Crippen LogP contribution is 2.17. The molecule has 1 N–H and O–H groups in total. The molecule has 1 atom stereocenters. The van der Waals surface area contributed by atoms with Crippen LogP contribution in [0.1, 0.15) is 43.1 Å². The first-order valence-corrected chi connectivity index (χ1v) is 9.40. The fourth-order valence-corrected chi connectivity index (χ4v) is 2.78. The Morgan fingerprint density at radius 1 is 1.04 bits per heavy atom. The first kappa shape index (κ1) is 20.5. The fourth-order valence-electron chi connectivity index (χ4n) is 2.78. The number of hydrogen-bond donors (Lipinski definition) is 1. The van der Waals surface area contributed by atoms with Gasteiger partial charge in [0.1, 0.15) is 5.75 Å². The Kier molecular flexibility index (Phi) is 7.86. The van der Waals surface area contributed by atoms with Gasteiger partial charge >= 0.3 is 0 Å². The SMILES string of the molecule is CCOc1ccccc1C(=O)NCC(=O)N(Cc1ccccc1)C(C)CC. The molecule has 27 heavy (non-hydrogen) atoms. The molecule has 0 aliphatic rings. The number of ether oxygens (including phenoxy) is 1. The molecule has 5 heteroatoms. The number of rotatable bonds is 9. The van der Waals surface area contributed by atoms with Crippen LogP contribution in [0.4, 0.5) is 0 Å². The summed E-state index contributed by atoms with van der Waals surface area (Å²) in [6.45, 7) is 6.89. The third-order valence-electron chi connectivity index (χ3n) is 4.47. The smallest absolute Gasteiger partial charge is 0.255 e. The standard InChI is InChI=1S/C22H28N2O3/c1-4-17(3)24(16-18-11-7-6-8-12-18)21(25)15-23-22(26)19-13-9-10-14-20(19)27-5-2/h6-14,17H,4-5,15-16H2,1-3H3,(H,23,26). The average molecular weight is 368 g/mol. The molecule has 2 aromatic carbocycles. The lowest BCUT2D eigenvalue weighted by Gasteiger charge is -2.29. The summed E-state index contributed by atoms with van der Waals surface area (Å²) in [4.78, 5) is 27.1. The van der Waals surface area contributed by atoms with Gasteiger partial charge in [0, 0.05) is 12.6 Å². The van der Waals surface area contributed by atoms with Gasteiger partial charge in [0.2, 0.25) is 5.91 Å². The van der Waals surface area contributed by atoms with Crippen LogP contribution in [0, 0.1) is 0 Å². The highest BCUT2D eigenvalue weighted by atomic mass is 16.5. The summed E-state index contributed by atoms with van der Waals surface area (Å²) in [7, 11) is 0. The van der Waals surface area contributed by atoms with Crippen molar-refractivity contribution in [3.8, 4) is 5.75 Å². The molecule has 0 heterocycles. The molecule has 0 radical (unpaired) electrons. The van der Waals surface area contributed by atoms with Crippen molar-refractivity contribution < 1.29 is 14.3 Å². The van der Waals surface area contributed by atoms with E-state index in [4.69, 9.17) is 4.74 Å². The molecule has 0 fully saturated rings. The molecule has 2 aromatic rings. The van der Waals surface area contributed by atoms with E-state index in [0.29, 0.717) is 24.5 Å². The number of hydrogen-bond acceptors (Lipinski definition) is 3. The molecule has 0 aliphatic carbocycles. The van der Waals surface area contributed by atoms with Gasteiger partial charge in [-0.25, -0.2) is 0 Å². The molecule has 0 aliphatic heterocycles. The summed E-state index contributed by atoms with van der Waals surface area (Å²) < 4.78 is 5.49. The number of nitrogens with one attached hydrogen (secondary N) is 1. The zero-order valence-electron chi connectivity index (χ0n) is 16.3. The van der Waals surface area contributed by atoms with E-state index in [0.717, 1.165) is 12.0 Å². The van der Waals surface area contributed by atoms with Crippen LogP contribution in [-0.2, 0) is 11.3 Å². The number of amides is 2. The van der Waals surface area contributed by atoms with E-state index in [1.54, 1.807) is 18.2 Å². The number of benzene rings is 2. The van der Waals surface area contributed by atoms with Crippen LogP contribution in [0.2, 0.25) is 0 Å². The highest BCUT2D eigenvalue weighted by molar-refractivity contribution is 5.98. The predicted octanol–water partition coefficient (Wildman–Crippen LogP) is 3.64. The number of carbonyl (C=O) groups is 2. The second-order valence-electron chi connectivity index (χ2n) is 6.38. The Bertz CT molecular complexity index is 746. The third kappa shape index (κ3) is 5.84. The summed E-state index contributed by atoms with van der Waals surface area (Å²) in [6.07, 6.45) is 0.847. The summed E-state index contributed by atoms with van der Waals surface area (Å²) in [5, 5.41) is 2.73. The second-order valence-corrected chi connectivity index (χ2v) is 6.38. The van der Waals surface area contributed by atoms with Crippen LogP contribution < -0.4 is 10.1 Å². The second kappa shape index (κ2) is 10.4. The lowest BCUT2D eigenvalue weighted by Crippen LogP contribution is -2.44. The summed E-state index contributed by atoms with van der Waals surface area (Å²) in [5.74, 6) is 0.111. The van der Waals surface area contributed by atoms with Crippen LogP contribution in [-0.4, -0.2) is 35.9 Å². The van der Waals surface area contributed by atoms with Gasteiger partial charge in [-0.1, -0.05) is 49.4 Å². The Morgan fingerprint density at radius 3 is 2.37 bits per heavy atom. The van der Waals surface area contributed by atoms with Gasteiger partial charge in [0.25, 0.3) is 5.91 Å². The molecule has 1 unspecified atom stereocenters. The normalized spacial score (nSPS) is 11.5. The summed E-state index contributed by atoms with van der Waals surface area (Å²) >= 11 is 0. The molecular weight excluding hydrogens is 340 g/mol. The van der Waals surface area contributed by atoms with Crippen LogP contribution in [0.25, 0.3) is 0 Å². The van der Waals surface area contributed by atoms with Gasteiger partial charge in [-0.3, -0.25) is 9.59 Å². The monoisotopic (exact) mass is 368 g/mol. The largest absolute Gasteiger partial charge is 0.493 e. The zero-order chi connectivity index (χ0) is 19.6. The van der Waals surface area contributed by atoms with Crippen molar-refractivity contribution >= 4 is 11.8 Å². The van der Waals surface area contributed by atoms with Crippen LogP contribution in [0.5, 0.6) is 5.75 Å². The third-order valence-corrected chi connectivity index (χ3v) is 4.47. The van der Waals surface area contributed by atoms with E-state index < -0.39 is 0 Å². The Balaban J connectivity index is 2.03. The van der Waals surface area contributed by atoms with Crippen molar-refractivity contribution in [2.24, 2.45) is 0 Å². The van der Waals surface area contributed by atoms with Crippen molar-refractivity contribution in [2.75, 3.05) is 13.2 Å².